The summed E-state index contributed by atoms with van der Waals surface area (Å²) in [5.41, 5.74) is 4.68. The number of allylic oxidation sites excluding steroid dienone is 4. The van der Waals surface area contributed by atoms with E-state index in [0.717, 1.165) is 16.9 Å². The molecule has 12 heteroatoms. The zero-order chi connectivity index (χ0) is 32.4. The zero-order valence-electron chi connectivity index (χ0n) is 25.8. The summed E-state index contributed by atoms with van der Waals surface area (Å²) in [4.78, 5) is 22.0. The van der Waals surface area contributed by atoms with Crippen LogP contribution in [0, 0.1) is 47.2 Å². The number of rotatable bonds is 7. The third kappa shape index (κ3) is 6.28. The second kappa shape index (κ2) is 12.2. The van der Waals surface area contributed by atoms with Crippen molar-refractivity contribution in [3.63, 3.8) is 0 Å². The molecule has 0 saturated carbocycles. The second-order valence-corrected chi connectivity index (χ2v) is 11.8. The molecule has 230 valence electrons. The first kappa shape index (κ1) is 30.0. The Bertz CT molecular complexity index is 2120. The quantitative estimate of drug-likeness (QED) is 0.245. The van der Waals surface area contributed by atoms with Gasteiger partial charge in [0.25, 0.3) is 5.91 Å². The van der Waals surface area contributed by atoms with Crippen molar-refractivity contribution in [3.8, 4) is 17.9 Å². The maximum Gasteiger partial charge on any atom is 0.258 e. The number of pyridine rings is 1. The number of nitrogens with one attached hydrogen (secondary N) is 2. The molecule has 0 aliphatic heterocycles. The SMILES string of the molecule is Cc1cc(F)c(C(=O)NC2=CC(Cn3cncn3)=CC(C(C)(C)C#N)C2)cc1C#Cc1cnc2c(Nc3cnn(C)c3)cccn12. The van der Waals surface area contributed by atoms with E-state index in [0.29, 0.717) is 41.1 Å². The van der Waals surface area contributed by atoms with Crippen LogP contribution in [0.15, 0.2) is 85.1 Å². The summed E-state index contributed by atoms with van der Waals surface area (Å²) in [6.45, 7) is 5.88. The van der Waals surface area contributed by atoms with E-state index in [1.807, 2.05) is 62.0 Å². The smallest absolute Gasteiger partial charge is 0.258 e. The van der Waals surface area contributed by atoms with E-state index in [4.69, 9.17) is 0 Å². The molecule has 0 radical (unpaired) electrons. The van der Waals surface area contributed by atoms with Gasteiger partial charge in [0.2, 0.25) is 0 Å². The van der Waals surface area contributed by atoms with Gasteiger partial charge in [0.15, 0.2) is 5.65 Å². The van der Waals surface area contributed by atoms with Gasteiger partial charge in [-0.1, -0.05) is 12.0 Å². The Kier molecular flexibility index (Phi) is 7.95. The number of amides is 1. The molecule has 1 amide bonds. The minimum atomic E-state index is -0.691. The lowest BCUT2D eigenvalue weighted by molar-refractivity contribution is 0.0958. The lowest BCUT2D eigenvalue weighted by atomic mass is 9.74. The minimum absolute atomic E-state index is 0.125. The van der Waals surface area contributed by atoms with E-state index >= 15 is 4.39 Å². The maximum absolute atomic E-state index is 15.2. The molecule has 11 nitrogen and oxygen atoms in total. The molecule has 1 aliphatic carbocycles. The number of fused-ring (bicyclic) bond motifs is 1. The second-order valence-electron chi connectivity index (χ2n) is 11.8. The van der Waals surface area contributed by atoms with Gasteiger partial charge in [0, 0.05) is 36.6 Å². The van der Waals surface area contributed by atoms with Crippen LogP contribution in [0.2, 0.25) is 0 Å². The topological polar surface area (TPSA) is 131 Å². The first-order valence-corrected chi connectivity index (χ1v) is 14.6. The van der Waals surface area contributed by atoms with Gasteiger partial charge in [-0.2, -0.15) is 15.5 Å². The number of nitriles is 1. The number of aromatic nitrogens is 7. The number of halogens is 1. The van der Waals surface area contributed by atoms with Crippen molar-refractivity contribution in [3.05, 3.63) is 113 Å². The third-order valence-electron chi connectivity index (χ3n) is 7.92. The van der Waals surface area contributed by atoms with Crippen LogP contribution in [0.1, 0.15) is 47.4 Å². The third-order valence-corrected chi connectivity index (χ3v) is 7.92. The van der Waals surface area contributed by atoms with Crippen LogP contribution in [-0.2, 0) is 13.6 Å². The Balaban J connectivity index is 1.25. The van der Waals surface area contributed by atoms with Crippen LogP contribution in [-0.4, -0.2) is 39.8 Å². The van der Waals surface area contributed by atoms with Crippen LogP contribution in [0.4, 0.5) is 15.8 Å². The van der Waals surface area contributed by atoms with E-state index in [-0.39, 0.29) is 11.5 Å². The van der Waals surface area contributed by atoms with E-state index in [1.54, 1.807) is 35.0 Å². The highest BCUT2D eigenvalue weighted by Crippen LogP contribution is 2.36. The molecule has 5 aromatic rings. The minimum Gasteiger partial charge on any atom is -0.350 e. The van der Waals surface area contributed by atoms with E-state index < -0.39 is 17.1 Å². The number of aryl methyl sites for hydroxylation is 2. The Morgan fingerprint density at radius 3 is 2.80 bits per heavy atom. The first-order chi connectivity index (χ1) is 22.1. The van der Waals surface area contributed by atoms with E-state index in [2.05, 4.69) is 48.7 Å². The van der Waals surface area contributed by atoms with Crippen molar-refractivity contribution >= 4 is 22.9 Å². The Morgan fingerprint density at radius 2 is 2.07 bits per heavy atom. The van der Waals surface area contributed by atoms with Gasteiger partial charge in [0.1, 0.15) is 24.2 Å². The summed E-state index contributed by atoms with van der Waals surface area (Å²) in [6, 6.07) is 8.95. The first-order valence-electron chi connectivity index (χ1n) is 14.6. The molecule has 0 saturated heterocycles. The average Bonchev–Trinajstić information content (AvgIpc) is 3.79. The predicted octanol–water partition coefficient (Wildman–Crippen LogP) is 5.06. The number of nitrogens with zero attached hydrogens (tertiary/aromatic N) is 8. The highest BCUT2D eigenvalue weighted by molar-refractivity contribution is 5.96. The molecule has 4 heterocycles. The fourth-order valence-electron chi connectivity index (χ4n) is 5.29. The van der Waals surface area contributed by atoms with Gasteiger partial charge in [-0.3, -0.25) is 13.9 Å². The lowest BCUT2D eigenvalue weighted by Gasteiger charge is -2.30. The Labute approximate surface area is 265 Å². The number of carbonyl (C=O) groups excluding carboxylic acids is 1. The zero-order valence-corrected chi connectivity index (χ0v) is 25.8. The molecule has 1 aliphatic rings. The molecular formula is C34H31FN10O. The molecule has 2 N–H and O–H groups in total. The van der Waals surface area contributed by atoms with Crippen molar-refractivity contribution in [2.24, 2.45) is 18.4 Å². The van der Waals surface area contributed by atoms with Gasteiger partial charge in [-0.05, 0) is 74.6 Å². The largest absolute Gasteiger partial charge is 0.350 e. The molecule has 6 rings (SSSR count). The molecular weight excluding hydrogens is 583 g/mol. The van der Waals surface area contributed by atoms with Gasteiger partial charge in [-0.15, -0.1) is 0 Å². The molecule has 0 bridgehead atoms. The summed E-state index contributed by atoms with van der Waals surface area (Å²) in [7, 11) is 1.84. The van der Waals surface area contributed by atoms with Crippen LogP contribution >= 0.6 is 0 Å². The Morgan fingerprint density at radius 1 is 1.22 bits per heavy atom. The molecule has 1 unspecified atom stereocenters. The monoisotopic (exact) mass is 614 g/mol. The van der Waals surface area contributed by atoms with Gasteiger partial charge in [0.05, 0.1) is 47.4 Å². The molecule has 1 atom stereocenters. The summed E-state index contributed by atoms with van der Waals surface area (Å²) in [6.07, 6.45) is 14.5. The van der Waals surface area contributed by atoms with Crippen LogP contribution < -0.4 is 10.6 Å². The molecule has 1 aromatic carbocycles. The fourth-order valence-corrected chi connectivity index (χ4v) is 5.29. The predicted molar refractivity (Wildman–Crippen MR) is 170 cm³/mol. The van der Waals surface area contributed by atoms with Crippen molar-refractivity contribution in [2.75, 3.05) is 5.32 Å². The van der Waals surface area contributed by atoms with Crippen LogP contribution in [0.3, 0.4) is 0 Å². The van der Waals surface area contributed by atoms with E-state index in [1.165, 1.54) is 18.5 Å². The number of carbonyl (C=O) groups is 1. The lowest BCUT2D eigenvalue weighted by Crippen LogP contribution is -2.31. The van der Waals surface area contributed by atoms with Crippen molar-refractivity contribution < 1.29 is 9.18 Å². The average molecular weight is 615 g/mol. The van der Waals surface area contributed by atoms with Crippen molar-refractivity contribution in [2.45, 2.75) is 33.7 Å². The molecule has 4 aromatic heterocycles. The number of benzene rings is 1. The summed E-state index contributed by atoms with van der Waals surface area (Å²) >= 11 is 0. The van der Waals surface area contributed by atoms with Crippen molar-refractivity contribution in [1.29, 1.82) is 5.26 Å². The van der Waals surface area contributed by atoms with Crippen molar-refractivity contribution in [1.82, 2.24) is 39.2 Å². The number of hydrogen-bond acceptors (Lipinski definition) is 7. The van der Waals surface area contributed by atoms with E-state index in [9.17, 15) is 10.1 Å². The summed E-state index contributed by atoms with van der Waals surface area (Å²) < 4.78 is 20.4. The Hall–Kier alpha value is -6.01. The standard InChI is InChI=1S/C34H31FN10O/c1-22-10-30(35)29(33(46)42-26-12-23(17-44-21-37-20-40-44)11-25(14-26)34(2,3)19-36)13-24(22)7-8-28-16-38-32-31(6-5-9-45(28)32)41-27-15-39-43(4)18-27/h5-6,9-13,15-16,18,20-21,25,41H,14,17H2,1-4H3,(H,42,46). The van der Waals surface area contributed by atoms with Gasteiger partial charge >= 0.3 is 0 Å². The fraction of sp³-hybridized carbons (Fsp3) is 0.235. The number of imidazole rings is 1. The van der Waals surface area contributed by atoms with Gasteiger partial charge in [-0.25, -0.2) is 19.0 Å². The molecule has 46 heavy (non-hydrogen) atoms. The summed E-state index contributed by atoms with van der Waals surface area (Å²) in [5.74, 6) is 4.82. The van der Waals surface area contributed by atoms with Crippen LogP contribution in [0.25, 0.3) is 5.65 Å². The highest BCUT2D eigenvalue weighted by Gasteiger charge is 2.31. The van der Waals surface area contributed by atoms with Crippen LogP contribution in [0.5, 0.6) is 0 Å². The number of hydrogen-bond donors (Lipinski definition) is 2. The molecule has 0 spiro atoms. The summed E-state index contributed by atoms with van der Waals surface area (Å²) in [5, 5.41) is 24.4. The highest BCUT2D eigenvalue weighted by atomic mass is 19.1. The molecule has 0 fully saturated rings. The van der Waals surface area contributed by atoms with Gasteiger partial charge < -0.3 is 10.6 Å². The maximum atomic E-state index is 15.2. The number of anilines is 2. The normalized spacial score (nSPS) is 14.6.